The Morgan fingerprint density at radius 1 is 1.11 bits per heavy atom. The van der Waals surface area contributed by atoms with Gasteiger partial charge in [0.25, 0.3) is 0 Å². The fourth-order valence-electron chi connectivity index (χ4n) is 2.64. The molecule has 0 saturated carbocycles. The van der Waals surface area contributed by atoms with E-state index in [1.54, 1.807) is 0 Å². The average molecular weight is 246 g/mol. The zero-order valence-corrected chi connectivity index (χ0v) is 12.0. The number of rotatable bonds is 3. The van der Waals surface area contributed by atoms with Crippen LogP contribution in [0.1, 0.15) is 20.8 Å². The lowest BCUT2D eigenvalue weighted by molar-refractivity contribution is 0.403. The predicted molar refractivity (Wildman–Crippen MR) is 78.3 cm³/mol. The second-order valence-electron chi connectivity index (χ2n) is 6.68. The molecule has 100 valence electrons. The topological polar surface area (TPSA) is 15.3 Å². The van der Waals surface area contributed by atoms with Gasteiger partial charge in [0.05, 0.1) is 0 Å². The van der Waals surface area contributed by atoms with Gasteiger partial charge in [-0.2, -0.15) is 0 Å². The van der Waals surface area contributed by atoms with Gasteiger partial charge in [-0.25, -0.2) is 0 Å². The molecule has 0 aromatic carbocycles. The van der Waals surface area contributed by atoms with Crippen LogP contribution in [-0.4, -0.2) is 31.1 Å². The van der Waals surface area contributed by atoms with Crippen LogP contribution in [0.15, 0.2) is 36.6 Å². The van der Waals surface area contributed by atoms with Crippen LogP contribution in [0.3, 0.4) is 0 Å². The third-order valence-corrected chi connectivity index (χ3v) is 4.24. The maximum Gasteiger partial charge on any atom is 0.0293 e. The predicted octanol–water partition coefficient (Wildman–Crippen LogP) is 2.81. The molecule has 18 heavy (non-hydrogen) atoms. The highest BCUT2D eigenvalue weighted by Crippen LogP contribution is 2.29. The zero-order chi connectivity index (χ0) is 13.3. The highest BCUT2D eigenvalue weighted by atomic mass is 15.2. The maximum absolute atomic E-state index is 4.20. The van der Waals surface area contributed by atoms with Crippen molar-refractivity contribution in [1.29, 1.82) is 0 Å². The van der Waals surface area contributed by atoms with Crippen molar-refractivity contribution in [2.75, 3.05) is 26.2 Å². The van der Waals surface area contributed by atoms with Crippen LogP contribution in [0.4, 0.5) is 0 Å². The molecule has 0 spiro atoms. The second kappa shape index (κ2) is 4.93. The van der Waals surface area contributed by atoms with Crippen molar-refractivity contribution in [3.05, 3.63) is 36.6 Å². The summed E-state index contributed by atoms with van der Waals surface area (Å²) in [6.07, 6.45) is 4.25. The molecule has 2 fully saturated rings. The molecule has 0 bridgehead atoms. The molecular formula is C16H26N2. The van der Waals surface area contributed by atoms with E-state index in [9.17, 15) is 0 Å². The van der Waals surface area contributed by atoms with E-state index >= 15 is 0 Å². The fourth-order valence-corrected chi connectivity index (χ4v) is 2.64. The van der Waals surface area contributed by atoms with Crippen LogP contribution in [0, 0.1) is 17.3 Å². The number of allylic oxidation sites excluding steroid dienone is 3. The molecule has 0 aromatic heterocycles. The van der Waals surface area contributed by atoms with Crippen molar-refractivity contribution >= 4 is 0 Å². The van der Waals surface area contributed by atoms with E-state index in [0.717, 1.165) is 36.2 Å². The molecule has 2 unspecified atom stereocenters. The van der Waals surface area contributed by atoms with Crippen LogP contribution in [0.25, 0.3) is 0 Å². The van der Waals surface area contributed by atoms with Crippen molar-refractivity contribution in [3.63, 3.8) is 0 Å². The van der Waals surface area contributed by atoms with Gasteiger partial charge in [0.15, 0.2) is 0 Å². The minimum absolute atomic E-state index is 0.141. The van der Waals surface area contributed by atoms with Crippen LogP contribution >= 0.6 is 0 Å². The molecule has 0 amide bonds. The zero-order valence-electron chi connectivity index (χ0n) is 12.0. The molecular weight excluding hydrogens is 220 g/mol. The Kier molecular flexibility index (Phi) is 3.67. The largest absolute Gasteiger partial charge is 0.371 e. The highest BCUT2D eigenvalue weighted by molar-refractivity contribution is 5.27. The molecule has 2 heteroatoms. The minimum atomic E-state index is 0.141. The van der Waals surface area contributed by atoms with E-state index in [4.69, 9.17) is 0 Å². The third-order valence-electron chi connectivity index (χ3n) is 4.24. The highest BCUT2D eigenvalue weighted by Gasteiger charge is 2.35. The number of hydrogen-bond acceptors (Lipinski definition) is 2. The molecule has 2 aliphatic rings. The summed E-state index contributed by atoms with van der Waals surface area (Å²) in [4.78, 5) is 2.42. The van der Waals surface area contributed by atoms with Gasteiger partial charge < -0.3 is 10.2 Å². The Balaban J connectivity index is 1.90. The van der Waals surface area contributed by atoms with Gasteiger partial charge in [-0.1, -0.05) is 40.0 Å². The smallest absolute Gasteiger partial charge is 0.0293 e. The Bertz CT molecular complexity index is 361. The van der Waals surface area contributed by atoms with Gasteiger partial charge in [0, 0.05) is 31.9 Å². The third kappa shape index (κ3) is 2.86. The van der Waals surface area contributed by atoms with Gasteiger partial charge in [0.2, 0.25) is 0 Å². The van der Waals surface area contributed by atoms with Crippen molar-refractivity contribution in [2.45, 2.75) is 20.8 Å². The molecule has 0 aromatic rings. The number of fused-ring (bicyclic) bond motifs is 1. The standard InChI is InChI=1S/C16H26N2/c1-12(16(3,4)5)6-7-13(2)18-10-14-8-17-9-15(14)11-18/h6-7,14-15,17H,1-2,8-11H2,3-5H3/b7-6-. The van der Waals surface area contributed by atoms with Crippen molar-refractivity contribution in [2.24, 2.45) is 17.3 Å². The lowest BCUT2D eigenvalue weighted by atomic mass is 9.87. The van der Waals surface area contributed by atoms with Crippen LogP contribution in [0.2, 0.25) is 0 Å². The van der Waals surface area contributed by atoms with E-state index < -0.39 is 0 Å². The summed E-state index contributed by atoms with van der Waals surface area (Å²) in [5.74, 6) is 1.64. The molecule has 2 aliphatic heterocycles. The molecule has 0 radical (unpaired) electrons. The molecule has 2 rings (SSSR count). The Hall–Kier alpha value is -1.02. The quantitative estimate of drug-likeness (QED) is 0.770. The summed E-state index contributed by atoms with van der Waals surface area (Å²) in [7, 11) is 0. The summed E-state index contributed by atoms with van der Waals surface area (Å²) >= 11 is 0. The van der Waals surface area contributed by atoms with E-state index in [0.29, 0.717) is 0 Å². The molecule has 2 nitrogen and oxygen atoms in total. The Morgan fingerprint density at radius 2 is 1.67 bits per heavy atom. The van der Waals surface area contributed by atoms with E-state index in [1.165, 1.54) is 13.1 Å². The van der Waals surface area contributed by atoms with Crippen molar-refractivity contribution < 1.29 is 0 Å². The first kappa shape index (κ1) is 13.4. The first-order valence-corrected chi connectivity index (χ1v) is 6.90. The van der Waals surface area contributed by atoms with Crippen molar-refractivity contribution in [1.82, 2.24) is 10.2 Å². The number of nitrogens with zero attached hydrogens (tertiary/aromatic N) is 1. The lowest BCUT2D eigenvalue weighted by Gasteiger charge is -2.22. The first-order chi connectivity index (χ1) is 8.38. The molecule has 2 heterocycles. The number of hydrogen-bond donors (Lipinski definition) is 1. The summed E-state index contributed by atoms with van der Waals surface area (Å²) in [5.41, 5.74) is 2.43. The van der Waals surface area contributed by atoms with Gasteiger partial charge in [0.1, 0.15) is 0 Å². The summed E-state index contributed by atoms with van der Waals surface area (Å²) in [6.45, 7) is 19.5. The minimum Gasteiger partial charge on any atom is -0.371 e. The monoisotopic (exact) mass is 246 g/mol. The van der Waals surface area contributed by atoms with E-state index in [2.05, 4.69) is 56.3 Å². The SMILES string of the molecule is C=C(/C=C\C(=C)C(C)(C)C)N1CC2CNCC2C1. The number of likely N-dealkylation sites (tertiary alicyclic amines) is 1. The second-order valence-corrected chi connectivity index (χ2v) is 6.68. The summed E-state index contributed by atoms with van der Waals surface area (Å²) in [5, 5.41) is 3.47. The van der Waals surface area contributed by atoms with Gasteiger partial charge in [-0.15, -0.1) is 0 Å². The molecule has 0 aliphatic carbocycles. The Labute approximate surface area is 111 Å². The Morgan fingerprint density at radius 3 is 2.17 bits per heavy atom. The first-order valence-electron chi connectivity index (χ1n) is 6.90. The van der Waals surface area contributed by atoms with Crippen molar-refractivity contribution in [3.8, 4) is 0 Å². The lowest BCUT2D eigenvalue weighted by Crippen LogP contribution is -2.24. The fraction of sp³-hybridized carbons (Fsp3) is 0.625. The molecule has 2 atom stereocenters. The molecule has 1 N–H and O–H groups in total. The van der Waals surface area contributed by atoms with E-state index in [1.807, 2.05) is 0 Å². The van der Waals surface area contributed by atoms with Gasteiger partial charge in [-0.3, -0.25) is 0 Å². The average Bonchev–Trinajstić information content (AvgIpc) is 2.83. The number of nitrogens with one attached hydrogen (secondary N) is 1. The summed E-state index contributed by atoms with van der Waals surface area (Å²) in [6, 6.07) is 0. The molecule has 2 saturated heterocycles. The maximum atomic E-state index is 4.20. The van der Waals surface area contributed by atoms with Gasteiger partial charge in [-0.05, 0) is 28.9 Å². The normalized spacial score (nSPS) is 27.8. The van der Waals surface area contributed by atoms with E-state index in [-0.39, 0.29) is 5.41 Å². The van der Waals surface area contributed by atoms with Crippen LogP contribution in [0.5, 0.6) is 0 Å². The van der Waals surface area contributed by atoms with Crippen LogP contribution < -0.4 is 5.32 Å². The van der Waals surface area contributed by atoms with Crippen LogP contribution in [-0.2, 0) is 0 Å². The van der Waals surface area contributed by atoms with Gasteiger partial charge >= 0.3 is 0 Å². The summed E-state index contributed by atoms with van der Waals surface area (Å²) < 4.78 is 0.